The Hall–Kier alpha value is -2.09. The number of carbonyl (C=O) groups excluding carboxylic acids is 1. The van der Waals surface area contributed by atoms with Crippen LogP contribution in [0.2, 0.25) is 0 Å². The molecule has 2 aromatic heterocycles. The standard InChI is InChI=1S/C19H26N4O3S/c1-11-16-13(18(26)20-7-8-27-10-15(24)25)9-14(12-5-6-12)21-17(16)23(22-11)19(2,3)4/h9,12H,5-8,10H2,1-4H3,(H,20,26)(H,24,25). The van der Waals surface area contributed by atoms with Crippen molar-refractivity contribution in [3.8, 4) is 0 Å². The summed E-state index contributed by atoms with van der Waals surface area (Å²) in [6, 6.07) is 1.90. The molecule has 7 nitrogen and oxygen atoms in total. The summed E-state index contributed by atoms with van der Waals surface area (Å²) in [5.74, 6) is 0.0228. The molecule has 0 aromatic carbocycles. The van der Waals surface area contributed by atoms with Crippen molar-refractivity contribution in [3.05, 3.63) is 23.0 Å². The highest BCUT2D eigenvalue weighted by Gasteiger charge is 2.30. The van der Waals surface area contributed by atoms with E-state index in [1.54, 1.807) is 0 Å². The van der Waals surface area contributed by atoms with Gasteiger partial charge < -0.3 is 10.4 Å². The molecule has 27 heavy (non-hydrogen) atoms. The average molecular weight is 391 g/mol. The summed E-state index contributed by atoms with van der Waals surface area (Å²) in [4.78, 5) is 28.3. The van der Waals surface area contributed by atoms with Crippen molar-refractivity contribution in [1.82, 2.24) is 20.1 Å². The molecule has 1 amide bonds. The summed E-state index contributed by atoms with van der Waals surface area (Å²) >= 11 is 1.29. The molecule has 0 unspecified atom stereocenters. The Bertz CT molecular complexity index is 881. The maximum Gasteiger partial charge on any atom is 0.313 e. The first kappa shape index (κ1) is 19.7. The van der Waals surface area contributed by atoms with Gasteiger partial charge in [-0.2, -0.15) is 5.10 Å². The van der Waals surface area contributed by atoms with E-state index in [9.17, 15) is 9.59 Å². The Kier molecular flexibility index (Phi) is 5.46. The van der Waals surface area contributed by atoms with Crippen LogP contribution in [0.1, 0.15) is 61.3 Å². The average Bonchev–Trinajstić information content (AvgIpc) is 3.36. The molecule has 0 atom stereocenters. The molecule has 1 fully saturated rings. The third-order valence-corrected chi connectivity index (χ3v) is 5.41. The highest BCUT2D eigenvalue weighted by molar-refractivity contribution is 7.99. The lowest BCUT2D eigenvalue weighted by atomic mass is 10.1. The van der Waals surface area contributed by atoms with Gasteiger partial charge in [-0.25, -0.2) is 9.67 Å². The molecule has 2 aromatic rings. The van der Waals surface area contributed by atoms with Crippen molar-refractivity contribution < 1.29 is 14.7 Å². The molecule has 0 bridgehead atoms. The zero-order chi connectivity index (χ0) is 19.8. The van der Waals surface area contributed by atoms with Crippen LogP contribution in [0.5, 0.6) is 0 Å². The number of nitrogens with one attached hydrogen (secondary N) is 1. The number of pyridine rings is 1. The number of fused-ring (bicyclic) bond motifs is 1. The first-order valence-corrected chi connectivity index (χ1v) is 10.3. The van der Waals surface area contributed by atoms with Crippen LogP contribution in [0.3, 0.4) is 0 Å². The minimum atomic E-state index is -0.846. The fraction of sp³-hybridized carbons (Fsp3) is 0.579. The van der Waals surface area contributed by atoms with Gasteiger partial charge in [0.05, 0.1) is 27.9 Å². The number of nitrogens with zero attached hydrogens (tertiary/aromatic N) is 3. The Morgan fingerprint density at radius 3 is 2.67 bits per heavy atom. The second-order valence-electron chi connectivity index (χ2n) is 7.94. The van der Waals surface area contributed by atoms with E-state index in [4.69, 9.17) is 10.1 Å². The summed E-state index contributed by atoms with van der Waals surface area (Å²) in [7, 11) is 0. The molecule has 0 radical (unpaired) electrons. The smallest absolute Gasteiger partial charge is 0.313 e. The molecule has 146 valence electrons. The number of aryl methyl sites for hydroxylation is 1. The van der Waals surface area contributed by atoms with Crippen LogP contribution in [0.4, 0.5) is 0 Å². The molecule has 2 N–H and O–H groups in total. The Morgan fingerprint density at radius 1 is 1.37 bits per heavy atom. The van der Waals surface area contributed by atoms with E-state index in [1.807, 2.05) is 17.7 Å². The fourth-order valence-corrected chi connectivity index (χ4v) is 3.60. The number of thioether (sulfide) groups is 1. The maximum atomic E-state index is 12.9. The third kappa shape index (κ3) is 4.43. The van der Waals surface area contributed by atoms with Gasteiger partial charge in [0.1, 0.15) is 0 Å². The topological polar surface area (TPSA) is 97.1 Å². The van der Waals surface area contributed by atoms with E-state index in [-0.39, 0.29) is 17.2 Å². The molecule has 1 saturated carbocycles. The lowest BCUT2D eigenvalue weighted by molar-refractivity contribution is -0.133. The molecular weight excluding hydrogens is 364 g/mol. The predicted octanol–water partition coefficient (Wildman–Crippen LogP) is 2.92. The zero-order valence-electron chi connectivity index (χ0n) is 16.2. The largest absolute Gasteiger partial charge is 0.481 e. The molecule has 0 aliphatic heterocycles. The second-order valence-corrected chi connectivity index (χ2v) is 9.04. The van der Waals surface area contributed by atoms with Gasteiger partial charge in [-0.3, -0.25) is 9.59 Å². The van der Waals surface area contributed by atoms with Crippen LogP contribution < -0.4 is 5.32 Å². The summed E-state index contributed by atoms with van der Waals surface area (Å²) in [6.45, 7) is 8.55. The molecule has 2 heterocycles. The van der Waals surface area contributed by atoms with Crippen molar-refractivity contribution in [1.29, 1.82) is 0 Å². The summed E-state index contributed by atoms with van der Waals surface area (Å²) in [5, 5.41) is 17.0. The molecule has 0 spiro atoms. The van der Waals surface area contributed by atoms with Gasteiger partial charge in [0.25, 0.3) is 5.91 Å². The van der Waals surface area contributed by atoms with E-state index in [1.165, 1.54) is 11.8 Å². The lowest BCUT2D eigenvalue weighted by Gasteiger charge is -2.20. The second kappa shape index (κ2) is 7.50. The minimum Gasteiger partial charge on any atom is -0.481 e. The number of aliphatic carboxylic acids is 1. The number of carboxylic acids is 1. The SMILES string of the molecule is Cc1nn(C(C)(C)C)c2nc(C3CC3)cc(C(=O)NCCSCC(=O)O)c12. The van der Waals surface area contributed by atoms with Gasteiger partial charge >= 0.3 is 5.97 Å². The lowest BCUT2D eigenvalue weighted by Crippen LogP contribution is -2.27. The molecule has 1 aliphatic carbocycles. The van der Waals surface area contributed by atoms with Crippen molar-refractivity contribution in [2.75, 3.05) is 18.1 Å². The fourth-order valence-electron chi connectivity index (χ4n) is 3.03. The number of rotatable bonds is 7. The molecule has 8 heteroatoms. The minimum absolute atomic E-state index is 0.0403. The first-order chi connectivity index (χ1) is 12.7. The summed E-state index contributed by atoms with van der Waals surface area (Å²) in [6.07, 6.45) is 2.21. The Balaban J connectivity index is 1.90. The number of carbonyl (C=O) groups is 2. The molecule has 0 saturated heterocycles. The van der Waals surface area contributed by atoms with E-state index in [0.29, 0.717) is 23.8 Å². The van der Waals surface area contributed by atoms with Crippen LogP contribution in [0.15, 0.2) is 6.07 Å². The quantitative estimate of drug-likeness (QED) is 0.706. The third-order valence-electron chi connectivity index (χ3n) is 4.47. The van der Waals surface area contributed by atoms with Crippen LogP contribution in [0.25, 0.3) is 11.0 Å². The Labute approximate surface area is 162 Å². The van der Waals surface area contributed by atoms with Gasteiger partial charge in [-0.05, 0) is 46.6 Å². The van der Waals surface area contributed by atoms with E-state index in [2.05, 4.69) is 31.2 Å². The summed E-state index contributed by atoms with van der Waals surface area (Å²) < 4.78 is 1.91. The monoisotopic (exact) mass is 390 g/mol. The van der Waals surface area contributed by atoms with Crippen LogP contribution in [-0.2, 0) is 10.3 Å². The molecular formula is C19H26N4O3S. The molecule has 1 aliphatic rings. The summed E-state index contributed by atoms with van der Waals surface area (Å²) in [5.41, 5.74) is 2.88. The van der Waals surface area contributed by atoms with Gasteiger partial charge in [-0.15, -0.1) is 11.8 Å². The van der Waals surface area contributed by atoms with Crippen molar-refractivity contribution in [3.63, 3.8) is 0 Å². The van der Waals surface area contributed by atoms with Crippen LogP contribution in [-0.4, -0.2) is 49.8 Å². The predicted molar refractivity (Wildman–Crippen MR) is 107 cm³/mol. The maximum absolute atomic E-state index is 12.9. The molecule has 3 rings (SSSR count). The van der Waals surface area contributed by atoms with E-state index >= 15 is 0 Å². The van der Waals surface area contributed by atoms with Crippen LogP contribution in [0, 0.1) is 6.92 Å². The van der Waals surface area contributed by atoms with Crippen LogP contribution >= 0.6 is 11.8 Å². The Morgan fingerprint density at radius 2 is 2.07 bits per heavy atom. The number of aromatic nitrogens is 3. The number of carboxylic acid groups (broad SMARTS) is 1. The van der Waals surface area contributed by atoms with Gasteiger partial charge in [0.2, 0.25) is 0 Å². The number of amides is 1. The van der Waals surface area contributed by atoms with Gasteiger partial charge in [-0.1, -0.05) is 0 Å². The first-order valence-electron chi connectivity index (χ1n) is 9.17. The zero-order valence-corrected chi connectivity index (χ0v) is 17.0. The van der Waals surface area contributed by atoms with Crippen molar-refractivity contribution >= 4 is 34.7 Å². The van der Waals surface area contributed by atoms with Crippen molar-refractivity contribution in [2.45, 2.75) is 52.0 Å². The van der Waals surface area contributed by atoms with E-state index < -0.39 is 5.97 Å². The normalized spacial score (nSPS) is 14.5. The van der Waals surface area contributed by atoms with Gasteiger partial charge in [0, 0.05) is 23.9 Å². The number of hydrogen-bond donors (Lipinski definition) is 2. The highest BCUT2D eigenvalue weighted by Crippen LogP contribution is 2.40. The number of hydrogen-bond acceptors (Lipinski definition) is 5. The highest BCUT2D eigenvalue weighted by atomic mass is 32.2. The van der Waals surface area contributed by atoms with Crippen molar-refractivity contribution in [2.24, 2.45) is 0 Å². The van der Waals surface area contributed by atoms with Gasteiger partial charge in [0.15, 0.2) is 5.65 Å². The van der Waals surface area contributed by atoms with E-state index in [0.717, 1.165) is 35.3 Å².